The zero-order valence-electron chi connectivity index (χ0n) is 14.8. The molecular weight excluding hydrogens is 324 g/mol. The summed E-state index contributed by atoms with van der Waals surface area (Å²) in [5, 5.41) is 0. The minimum atomic E-state index is -0.132. The van der Waals surface area contributed by atoms with Crippen molar-refractivity contribution in [2.75, 3.05) is 11.5 Å². The van der Waals surface area contributed by atoms with Crippen LogP contribution in [0.1, 0.15) is 18.1 Å². The van der Waals surface area contributed by atoms with E-state index in [4.69, 9.17) is 4.74 Å². The van der Waals surface area contributed by atoms with Crippen LogP contribution in [0.2, 0.25) is 0 Å². The van der Waals surface area contributed by atoms with Gasteiger partial charge in [0.05, 0.1) is 6.54 Å². The molecule has 26 heavy (non-hydrogen) atoms. The molecule has 0 fully saturated rings. The van der Waals surface area contributed by atoms with E-state index in [0.29, 0.717) is 18.1 Å². The van der Waals surface area contributed by atoms with Crippen LogP contribution in [0.3, 0.4) is 0 Å². The minimum absolute atomic E-state index is 0.0329. The molecule has 3 rings (SSSR count). The van der Waals surface area contributed by atoms with Crippen LogP contribution in [0, 0.1) is 0 Å². The number of carbonyl (C=O) groups excluding carboxylic acids is 1. The monoisotopic (exact) mass is 346 g/mol. The van der Waals surface area contributed by atoms with E-state index < -0.39 is 0 Å². The normalized spacial score (nSPS) is 10.3. The number of carbonyl (C=O) groups is 1. The number of pyridine rings is 1. The van der Waals surface area contributed by atoms with Gasteiger partial charge >= 0.3 is 0 Å². The van der Waals surface area contributed by atoms with Gasteiger partial charge in [-0.05, 0) is 41.8 Å². The lowest BCUT2D eigenvalue weighted by Crippen LogP contribution is -2.35. The average molecular weight is 346 g/mol. The average Bonchev–Trinajstić information content (AvgIpc) is 2.72. The number of hydrogen-bond acceptors (Lipinski definition) is 3. The van der Waals surface area contributed by atoms with E-state index in [-0.39, 0.29) is 12.5 Å². The molecule has 2 aromatic carbocycles. The maximum Gasteiger partial charge on any atom is 0.266 e. The quantitative estimate of drug-likeness (QED) is 0.642. The predicted molar refractivity (Wildman–Crippen MR) is 103 cm³/mol. The predicted octanol–water partition coefficient (Wildman–Crippen LogP) is 4.26. The van der Waals surface area contributed by atoms with Crippen LogP contribution in [-0.2, 0) is 17.8 Å². The van der Waals surface area contributed by atoms with Crippen molar-refractivity contribution in [1.29, 1.82) is 0 Å². The van der Waals surface area contributed by atoms with Crippen LogP contribution in [0.25, 0.3) is 0 Å². The molecule has 0 spiro atoms. The Balaban J connectivity index is 1.71. The van der Waals surface area contributed by atoms with Crippen molar-refractivity contribution in [2.45, 2.75) is 19.9 Å². The summed E-state index contributed by atoms with van der Waals surface area (Å²) in [7, 11) is 0. The number of benzene rings is 2. The van der Waals surface area contributed by atoms with Crippen LogP contribution in [-0.4, -0.2) is 17.5 Å². The van der Waals surface area contributed by atoms with E-state index in [1.54, 1.807) is 11.1 Å². The van der Waals surface area contributed by atoms with E-state index in [1.165, 1.54) is 5.56 Å². The number of aryl methyl sites for hydroxylation is 1. The zero-order chi connectivity index (χ0) is 18.2. The number of rotatable bonds is 7. The lowest BCUT2D eigenvalue weighted by molar-refractivity contribution is -0.120. The Labute approximate surface area is 154 Å². The third-order valence-electron chi connectivity index (χ3n) is 4.10. The fourth-order valence-corrected chi connectivity index (χ4v) is 2.62. The minimum Gasteiger partial charge on any atom is -0.484 e. The van der Waals surface area contributed by atoms with E-state index in [9.17, 15) is 4.79 Å². The van der Waals surface area contributed by atoms with E-state index >= 15 is 0 Å². The van der Waals surface area contributed by atoms with Crippen molar-refractivity contribution < 1.29 is 9.53 Å². The van der Waals surface area contributed by atoms with Gasteiger partial charge in [0.1, 0.15) is 11.6 Å². The Bertz CT molecular complexity index is 818. The van der Waals surface area contributed by atoms with Gasteiger partial charge in [0.2, 0.25) is 0 Å². The van der Waals surface area contributed by atoms with E-state index in [2.05, 4.69) is 11.9 Å². The van der Waals surface area contributed by atoms with Crippen LogP contribution in [0.15, 0.2) is 79.0 Å². The van der Waals surface area contributed by atoms with Crippen LogP contribution < -0.4 is 9.64 Å². The molecule has 0 radical (unpaired) electrons. The van der Waals surface area contributed by atoms with Crippen LogP contribution >= 0.6 is 0 Å². The molecule has 1 heterocycles. The van der Waals surface area contributed by atoms with Gasteiger partial charge in [-0.15, -0.1) is 0 Å². The molecule has 1 aromatic heterocycles. The van der Waals surface area contributed by atoms with Crippen molar-refractivity contribution in [1.82, 2.24) is 4.98 Å². The summed E-state index contributed by atoms with van der Waals surface area (Å²) in [6, 6.07) is 23.2. The van der Waals surface area contributed by atoms with Gasteiger partial charge in [0.25, 0.3) is 5.91 Å². The first kappa shape index (κ1) is 17.7. The van der Waals surface area contributed by atoms with Crippen LogP contribution in [0.5, 0.6) is 5.75 Å². The number of nitrogens with zero attached hydrogens (tertiary/aromatic N) is 2. The molecule has 0 aliphatic rings. The number of aromatic nitrogens is 1. The molecule has 0 aliphatic carbocycles. The van der Waals surface area contributed by atoms with Crippen molar-refractivity contribution in [3.63, 3.8) is 0 Å². The smallest absolute Gasteiger partial charge is 0.266 e. The number of hydrogen-bond donors (Lipinski definition) is 0. The van der Waals surface area contributed by atoms with Gasteiger partial charge < -0.3 is 4.74 Å². The van der Waals surface area contributed by atoms with Gasteiger partial charge in [0.15, 0.2) is 6.61 Å². The van der Waals surface area contributed by atoms with E-state index in [1.807, 2.05) is 72.8 Å². The highest BCUT2D eigenvalue weighted by Gasteiger charge is 2.18. The summed E-state index contributed by atoms with van der Waals surface area (Å²) in [4.78, 5) is 18.8. The summed E-state index contributed by atoms with van der Waals surface area (Å²) < 4.78 is 5.69. The van der Waals surface area contributed by atoms with Crippen LogP contribution in [0.4, 0.5) is 5.82 Å². The van der Waals surface area contributed by atoms with E-state index in [0.717, 1.165) is 12.0 Å². The molecule has 0 bridgehead atoms. The van der Waals surface area contributed by atoms with Gasteiger partial charge in [-0.1, -0.05) is 55.5 Å². The summed E-state index contributed by atoms with van der Waals surface area (Å²) in [5.41, 5.74) is 2.28. The Morgan fingerprint density at radius 2 is 1.65 bits per heavy atom. The topological polar surface area (TPSA) is 42.4 Å². The maximum atomic E-state index is 12.8. The van der Waals surface area contributed by atoms with Gasteiger partial charge in [-0.3, -0.25) is 9.69 Å². The third-order valence-corrected chi connectivity index (χ3v) is 4.10. The Morgan fingerprint density at radius 1 is 0.923 bits per heavy atom. The first-order chi connectivity index (χ1) is 12.8. The second-order valence-corrected chi connectivity index (χ2v) is 5.94. The second-order valence-electron chi connectivity index (χ2n) is 5.94. The molecule has 3 aromatic rings. The molecular formula is C22H22N2O2. The molecule has 4 heteroatoms. The van der Waals surface area contributed by atoms with Gasteiger partial charge in [0, 0.05) is 6.20 Å². The Kier molecular flexibility index (Phi) is 5.99. The first-order valence-corrected chi connectivity index (χ1v) is 8.73. The molecule has 0 unspecified atom stereocenters. The lowest BCUT2D eigenvalue weighted by atomic mass is 10.2. The van der Waals surface area contributed by atoms with Crippen molar-refractivity contribution in [3.05, 3.63) is 90.1 Å². The van der Waals surface area contributed by atoms with Crippen molar-refractivity contribution >= 4 is 11.7 Å². The molecule has 0 saturated carbocycles. The number of ether oxygens (including phenoxy) is 1. The molecule has 1 amide bonds. The summed E-state index contributed by atoms with van der Waals surface area (Å²) in [5.74, 6) is 1.18. The summed E-state index contributed by atoms with van der Waals surface area (Å²) in [6.45, 7) is 2.53. The molecule has 4 nitrogen and oxygen atoms in total. The fraction of sp³-hybridized carbons (Fsp3) is 0.182. The van der Waals surface area contributed by atoms with Crippen molar-refractivity contribution in [3.8, 4) is 5.75 Å². The van der Waals surface area contributed by atoms with Gasteiger partial charge in [-0.25, -0.2) is 4.98 Å². The molecule has 132 valence electrons. The van der Waals surface area contributed by atoms with Gasteiger partial charge in [-0.2, -0.15) is 0 Å². The molecule has 0 atom stereocenters. The standard InChI is InChI=1S/C22H22N2O2/c1-2-18-11-13-20(14-12-18)26-17-22(25)24(21-10-6-7-15-23-21)16-19-8-4-3-5-9-19/h3-15H,2,16-17H2,1H3. The summed E-state index contributed by atoms with van der Waals surface area (Å²) >= 11 is 0. The lowest BCUT2D eigenvalue weighted by Gasteiger charge is -2.22. The Hall–Kier alpha value is -3.14. The second kappa shape index (κ2) is 8.81. The largest absolute Gasteiger partial charge is 0.484 e. The molecule has 0 saturated heterocycles. The number of amides is 1. The zero-order valence-corrected chi connectivity index (χ0v) is 14.8. The first-order valence-electron chi connectivity index (χ1n) is 8.73. The Morgan fingerprint density at radius 3 is 2.31 bits per heavy atom. The highest BCUT2D eigenvalue weighted by molar-refractivity contribution is 5.93. The SMILES string of the molecule is CCc1ccc(OCC(=O)N(Cc2ccccc2)c2ccccn2)cc1. The maximum absolute atomic E-state index is 12.8. The third kappa shape index (κ3) is 4.70. The fourth-order valence-electron chi connectivity index (χ4n) is 2.62. The highest BCUT2D eigenvalue weighted by Crippen LogP contribution is 2.16. The highest BCUT2D eigenvalue weighted by atomic mass is 16.5. The summed E-state index contributed by atoms with van der Waals surface area (Å²) in [6.07, 6.45) is 2.66. The van der Waals surface area contributed by atoms with Crippen molar-refractivity contribution in [2.24, 2.45) is 0 Å². The molecule has 0 N–H and O–H groups in total. The molecule has 0 aliphatic heterocycles. The number of anilines is 1.